The summed E-state index contributed by atoms with van der Waals surface area (Å²) in [5.74, 6) is -2.41. The Morgan fingerprint density at radius 1 is 1.33 bits per heavy atom. The van der Waals surface area contributed by atoms with E-state index in [1.54, 1.807) is 6.07 Å². The van der Waals surface area contributed by atoms with Gasteiger partial charge in [0.05, 0.1) is 13.2 Å². The molecule has 0 aliphatic carbocycles. The number of nitrogens with zero attached hydrogens (tertiary/aromatic N) is 1. The first kappa shape index (κ1) is 11.4. The zero-order valence-electron chi connectivity index (χ0n) is 8.34. The quantitative estimate of drug-likeness (QED) is 0.766. The number of hydrogen-bond acceptors (Lipinski definition) is 2. The van der Waals surface area contributed by atoms with Crippen LogP contribution in [0, 0.1) is 11.3 Å². The first-order valence-corrected chi connectivity index (χ1v) is 4.49. The monoisotopic (exact) mass is 211 g/mol. The summed E-state index contributed by atoms with van der Waals surface area (Å²) in [5, 5.41) is 8.26. The van der Waals surface area contributed by atoms with Crippen LogP contribution in [0.25, 0.3) is 0 Å². The molecule has 15 heavy (non-hydrogen) atoms. The van der Waals surface area contributed by atoms with Gasteiger partial charge in [0, 0.05) is 18.4 Å². The molecule has 0 saturated heterocycles. The third-order valence-corrected chi connectivity index (χ3v) is 2.06. The number of ether oxygens (including phenoxy) is 1. The molecule has 1 rings (SSSR count). The van der Waals surface area contributed by atoms with Gasteiger partial charge >= 0.3 is 0 Å². The van der Waals surface area contributed by atoms with Crippen molar-refractivity contribution < 1.29 is 13.5 Å². The van der Waals surface area contributed by atoms with Gasteiger partial charge in [-0.05, 0) is 24.3 Å². The summed E-state index contributed by atoms with van der Waals surface area (Å²) in [5.41, 5.74) is -0.0847. The lowest BCUT2D eigenvalue weighted by atomic mass is 10.0. The Morgan fingerprint density at radius 2 is 1.93 bits per heavy atom. The predicted octanol–water partition coefficient (Wildman–Crippen LogP) is 3.09. The molecule has 0 N–H and O–H groups in total. The number of halogens is 2. The van der Waals surface area contributed by atoms with Crippen molar-refractivity contribution in [2.45, 2.75) is 18.8 Å². The first-order chi connectivity index (χ1) is 7.10. The van der Waals surface area contributed by atoms with Crippen molar-refractivity contribution >= 4 is 0 Å². The van der Waals surface area contributed by atoms with Gasteiger partial charge in [0.25, 0.3) is 5.92 Å². The van der Waals surface area contributed by atoms with Crippen LogP contribution < -0.4 is 4.74 Å². The highest BCUT2D eigenvalue weighted by atomic mass is 19.3. The van der Waals surface area contributed by atoms with Gasteiger partial charge in [0.1, 0.15) is 5.75 Å². The molecule has 0 saturated carbocycles. The molecule has 0 aromatic heterocycles. The van der Waals surface area contributed by atoms with Crippen molar-refractivity contribution in [3.63, 3.8) is 0 Å². The average molecular weight is 211 g/mol. The van der Waals surface area contributed by atoms with Crippen molar-refractivity contribution in [2.24, 2.45) is 0 Å². The summed E-state index contributed by atoms with van der Waals surface area (Å²) in [6.45, 7) is 0. The molecule has 1 aromatic carbocycles. The van der Waals surface area contributed by atoms with Crippen LogP contribution in [0.1, 0.15) is 18.4 Å². The maximum atomic E-state index is 13.4. The summed E-state index contributed by atoms with van der Waals surface area (Å²) >= 11 is 0. The lowest BCUT2D eigenvalue weighted by Crippen LogP contribution is -2.12. The lowest BCUT2D eigenvalue weighted by molar-refractivity contribution is -0.0119. The summed E-state index contributed by atoms with van der Waals surface area (Å²) < 4.78 is 31.6. The molecular formula is C11H11F2NO. The van der Waals surface area contributed by atoms with E-state index < -0.39 is 12.3 Å². The number of rotatable bonds is 4. The number of benzene rings is 1. The van der Waals surface area contributed by atoms with Gasteiger partial charge in [-0.25, -0.2) is 8.78 Å². The molecule has 0 bridgehead atoms. The zero-order chi connectivity index (χ0) is 11.3. The van der Waals surface area contributed by atoms with Gasteiger partial charge in [0.2, 0.25) is 0 Å². The van der Waals surface area contributed by atoms with E-state index >= 15 is 0 Å². The summed E-state index contributed by atoms with van der Waals surface area (Å²) in [6, 6.07) is 7.31. The predicted molar refractivity (Wildman–Crippen MR) is 51.7 cm³/mol. The molecule has 80 valence electrons. The maximum absolute atomic E-state index is 13.4. The largest absolute Gasteiger partial charge is 0.497 e. The Balaban J connectivity index is 2.81. The van der Waals surface area contributed by atoms with Crippen LogP contribution in [0.2, 0.25) is 0 Å². The Bertz CT molecular complexity index is 354. The molecule has 1 aromatic rings. The van der Waals surface area contributed by atoms with E-state index in [0.717, 1.165) is 0 Å². The maximum Gasteiger partial charge on any atom is 0.274 e. The van der Waals surface area contributed by atoms with Crippen LogP contribution in [0.4, 0.5) is 8.78 Å². The van der Waals surface area contributed by atoms with E-state index in [2.05, 4.69) is 0 Å². The fraction of sp³-hybridized carbons (Fsp3) is 0.364. The number of nitriles is 1. The van der Waals surface area contributed by atoms with E-state index in [9.17, 15) is 8.78 Å². The van der Waals surface area contributed by atoms with E-state index in [4.69, 9.17) is 10.00 Å². The minimum absolute atomic E-state index is 0.0847. The molecule has 0 spiro atoms. The van der Waals surface area contributed by atoms with E-state index in [0.29, 0.717) is 5.75 Å². The first-order valence-electron chi connectivity index (χ1n) is 4.49. The van der Waals surface area contributed by atoms with Crippen molar-refractivity contribution in [3.05, 3.63) is 29.8 Å². The van der Waals surface area contributed by atoms with Crippen molar-refractivity contribution in [1.29, 1.82) is 5.26 Å². The second-order valence-electron chi connectivity index (χ2n) is 3.09. The van der Waals surface area contributed by atoms with Gasteiger partial charge in [-0.15, -0.1) is 0 Å². The molecule has 0 atom stereocenters. The van der Waals surface area contributed by atoms with Crippen LogP contribution in [-0.4, -0.2) is 7.11 Å². The SMILES string of the molecule is COc1ccc(C(F)(F)CCC#N)cc1. The molecular weight excluding hydrogens is 200 g/mol. The molecule has 0 heterocycles. The Kier molecular flexibility index (Phi) is 3.62. The van der Waals surface area contributed by atoms with E-state index in [1.807, 2.05) is 0 Å². The minimum Gasteiger partial charge on any atom is -0.497 e. The Morgan fingerprint density at radius 3 is 2.40 bits per heavy atom. The highest BCUT2D eigenvalue weighted by Gasteiger charge is 2.30. The topological polar surface area (TPSA) is 33.0 Å². The van der Waals surface area contributed by atoms with Gasteiger partial charge in [-0.2, -0.15) is 5.26 Å². The molecule has 0 radical (unpaired) electrons. The summed E-state index contributed by atoms with van der Waals surface area (Å²) in [7, 11) is 1.48. The summed E-state index contributed by atoms with van der Waals surface area (Å²) in [6.07, 6.45) is -0.602. The Labute approximate surface area is 87.1 Å². The number of methoxy groups -OCH3 is 1. The fourth-order valence-electron chi connectivity index (χ4n) is 1.19. The van der Waals surface area contributed by atoms with Crippen LogP contribution in [0.3, 0.4) is 0 Å². The second-order valence-corrected chi connectivity index (χ2v) is 3.09. The molecule has 2 nitrogen and oxygen atoms in total. The standard InChI is InChI=1S/C11H11F2NO/c1-15-10-5-3-9(4-6-10)11(12,13)7-2-8-14/h3-6H,2,7H2,1H3. The van der Waals surface area contributed by atoms with Crippen molar-refractivity contribution in [1.82, 2.24) is 0 Å². The summed E-state index contributed by atoms with van der Waals surface area (Å²) in [4.78, 5) is 0. The van der Waals surface area contributed by atoms with Gasteiger partial charge in [-0.3, -0.25) is 0 Å². The van der Waals surface area contributed by atoms with Crippen LogP contribution >= 0.6 is 0 Å². The molecule has 0 aliphatic rings. The third kappa shape index (κ3) is 2.91. The van der Waals surface area contributed by atoms with Crippen LogP contribution in [-0.2, 0) is 5.92 Å². The fourth-order valence-corrected chi connectivity index (χ4v) is 1.19. The molecule has 0 unspecified atom stereocenters. The van der Waals surface area contributed by atoms with E-state index in [1.165, 1.54) is 31.4 Å². The van der Waals surface area contributed by atoms with Crippen molar-refractivity contribution in [2.75, 3.05) is 7.11 Å². The smallest absolute Gasteiger partial charge is 0.274 e. The highest BCUT2D eigenvalue weighted by Crippen LogP contribution is 2.33. The normalized spacial score (nSPS) is 10.8. The van der Waals surface area contributed by atoms with Crippen LogP contribution in [0.15, 0.2) is 24.3 Å². The van der Waals surface area contributed by atoms with Crippen LogP contribution in [0.5, 0.6) is 5.75 Å². The lowest BCUT2D eigenvalue weighted by Gasteiger charge is -2.15. The zero-order valence-corrected chi connectivity index (χ0v) is 8.34. The molecule has 0 aliphatic heterocycles. The molecule has 0 fully saturated rings. The van der Waals surface area contributed by atoms with Gasteiger partial charge < -0.3 is 4.74 Å². The molecule has 0 amide bonds. The minimum atomic E-state index is -2.94. The van der Waals surface area contributed by atoms with Gasteiger partial charge in [-0.1, -0.05) is 0 Å². The van der Waals surface area contributed by atoms with Gasteiger partial charge in [0.15, 0.2) is 0 Å². The van der Waals surface area contributed by atoms with E-state index in [-0.39, 0.29) is 12.0 Å². The molecule has 4 heteroatoms. The number of alkyl halides is 2. The number of hydrogen-bond donors (Lipinski definition) is 0. The Hall–Kier alpha value is -1.63. The second kappa shape index (κ2) is 4.74. The average Bonchev–Trinajstić information content (AvgIpc) is 2.26. The highest BCUT2D eigenvalue weighted by molar-refractivity contribution is 5.29. The third-order valence-electron chi connectivity index (χ3n) is 2.06. The van der Waals surface area contributed by atoms with Crippen molar-refractivity contribution in [3.8, 4) is 11.8 Å².